The molecule has 16 heavy (non-hydrogen) atoms. The second-order valence-corrected chi connectivity index (χ2v) is 7.19. The predicted octanol–water partition coefficient (Wildman–Crippen LogP) is 3.71. The van der Waals surface area contributed by atoms with Gasteiger partial charge in [-0.15, -0.1) is 0 Å². The molecule has 0 radical (unpaired) electrons. The molecule has 0 bridgehead atoms. The molecule has 0 saturated heterocycles. The zero-order chi connectivity index (χ0) is 13.0. The van der Waals surface area contributed by atoms with Crippen molar-refractivity contribution in [3.8, 4) is 0 Å². The summed E-state index contributed by atoms with van der Waals surface area (Å²) in [6, 6.07) is 0. The van der Waals surface area contributed by atoms with Crippen molar-refractivity contribution >= 4 is 5.91 Å². The van der Waals surface area contributed by atoms with Crippen LogP contribution in [0.2, 0.25) is 0 Å². The van der Waals surface area contributed by atoms with Crippen molar-refractivity contribution < 1.29 is 4.79 Å². The van der Waals surface area contributed by atoms with Crippen LogP contribution in [0.5, 0.6) is 0 Å². The Labute approximate surface area is 101 Å². The normalized spacial score (nSPS) is 12.7. The summed E-state index contributed by atoms with van der Waals surface area (Å²) in [5.74, 6) is 0.277. The van der Waals surface area contributed by atoms with E-state index in [4.69, 9.17) is 0 Å². The van der Waals surface area contributed by atoms with E-state index in [0.717, 1.165) is 19.4 Å². The number of rotatable bonds is 4. The molecule has 0 aromatic rings. The van der Waals surface area contributed by atoms with Crippen molar-refractivity contribution in [2.75, 3.05) is 13.6 Å². The van der Waals surface area contributed by atoms with Gasteiger partial charge in [0.05, 0.1) is 0 Å². The zero-order valence-corrected chi connectivity index (χ0v) is 12.2. The molecule has 0 rings (SSSR count). The average Bonchev–Trinajstić information content (AvgIpc) is 2.07. The summed E-state index contributed by atoms with van der Waals surface area (Å²) in [7, 11) is 1.91. The Morgan fingerprint density at radius 3 is 1.75 bits per heavy atom. The van der Waals surface area contributed by atoms with Crippen LogP contribution in [0.1, 0.15) is 60.8 Å². The second-order valence-electron chi connectivity index (χ2n) is 7.19. The monoisotopic (exact) mass is 227 g/mol. The predicted molar refractivity (Wildman–Crippen MR) is 70.4 cm³/mol. The fourth-order valence-corrected chi connectivity index (χ4v) is 1.30. The van der Waals surface area contributed by atoms with Crippen molar-refractivity contribution in [1.82, 2.24) is 4.90 Å². The van der Waals surface area contributed by atoms with Crippen LogP contribution in [0.4, 0.5) is 0 Å². The molecule has 0 aliphatic carbocycles. The van der Waals surface area contributed by atoms with Crippen molar-refractivity contribution in [3.63, 3.8) is 0 Å². The van der Waals surface area contributed by atoms with Gasteiger partial charge in [-0.05, 0) is 23.7 Å². The van der Waals surface area contributed by atoms with Gasteiger partial charge in [0.15, 0.2) is 0 Å². The Morgan fingerprint density at radius 1 is 0.938 bits per heavy atom. The molecule has 0 aliphatic heterocycles. The fraction of sp³-hybridized carbons (Fsp3) is 0.929. The first-order valence-corrected chi connectivity index (χ1v) is 6.25. The molecule has 0 unspecified atom stereocenters. The van der Waals surface area contributed by atoms with Gasteiger partial charge in [0.2, 0.25) is 5.91 Å². The number of nitrogens with zero attached hydrogens (tertiary/aromatic N) is 1. The van der Waals surface area contributed by atoms with E-state index in [1.807, 2.05) is 11.9 Å². The third-order valence-corrected chi connectivity index (χ3v) is 2.71. The Morgan fingerprint density at radius 2 is 1.38 bits per heavy atom. The molecule has 1 amide bonds. The minimum absolute atomic E-state index is 0.251. The summed E-state index contributed by atoms with van der Waals surface area (Å²) in [5.41, 5.74) is 0.555. The molecule has 2 heteroatoms. The summed E-state index contributed by atoms with van der Waals surface area (Å²) in [6.07, 6.45) is 2.70. The second kappa shape index (κ2) is 5.70. The van der Waals surface area contributed by atoms with E-state index in [-0.39, 0.29) is 11.3 Å². The molecule has 2 nitrogen and oxygen atoms in total. The molecular formula is C14H29NO. The van der Waals surface area contributed by atoms with Gasteiger partial charge < -0.3 is 4.90 Å². The van der Waals surface area contributed by atoms with E-state index in [1.54, 1.807) is 0 Å². The lowest BCUT2D eigenvalue weighted by molar-refractivity contribution is -0.130. The lowest BCUT2D eigenvalue weighted by Crippen LogP contribution is -2.30. The Kier molecular flexibility index (Phi) is 5.51. The summed E-state index contributed by atoms with van der Waals surface area (Å²) in [4.78, 5) is 13.7. The Hall–Kier alpha value is -0.530. The zero-order valence-electron chi connectivity index (χ0n) is 12.2. The standard InChI is InChI=1S/C14H29NO/c1-13(2,3)9-8-12(16)15(7)11-10-14(4,5)6/h8-11H2,1-7H3. The largest absolute Gasteiger partial charge is 0.346 e. The lowest BCUT2D eigenvalue weighted by atomic mass is 9.90. The smallest absolute Gasteiger partial charge is 0.222 e. The van der Waals surface area contributed by atoms with Gasteiger partial charge in [0.1, 0.15) is 0 Å². The van der Waals surface area contributed by atoms with Crippen molar-refractivity contribution in [1.29, 1.82) is 0 Å². The highest BCUT2D eigenvalue weighted by Gasteiger charge is 2.17. The van der Waals surface area contributed by atoms with Crippen LogP contribution in [0, 0.1) is 10.8 Å². The topological polar surface area (TPSA) is 20.3 Å². The first-order chi connectivity index (χ1) is 7.01. The van der Waals surface area contributed by atoms with Gasteiger partial charge in [-0.25, -0.2) is 0 Å². The highest BCUT2D eigenvalue weighted by Crippen LogP contribution is 2.22. The maximum Gasteiger partial charge on any atom is 0.222 e. The first-order valence-electron chi connectivity index (χ1n) is 6.25. The third-order valence-electron chi connectivity index (χ3n) is 2.71. The van der Waals surface area contributed by atoms with Crippen LogP contribution in [-0.4, -0.2) is 24.4 Å². The molecule has 0 N–H and O–H groups in total. The molecule has 0 saturated carbocycles. The van der Waals surface area contributed by atoms with Gasteiger partial charge in [-0.3, -0.25) is 4.79 Å². The van der Waals surface area contributed by atoms with E-state index < -0.39 is 0 Å². The number of amides is 1. The summed E-state index contributed by atoms with van der Waals surface area (Å²) in [6.45, 7) is 14.0. The van der Waals surface area contributed by atoms with Gasteiger partial charge in [0.25, 0.3) is 0 Å². The van der Waals surface area contributed by atoms with Gasteiger partial charge in [0, 0.05) is 20.0 Å². The lowest BCUT2D eigenvalue weighted by Gasteiger charge is -2.25. The molecule has 96 valence electrons. The highest BCUT2D eigenvalue weighted by molar-refractivity contribution is 5.75. The quantitative estimate of drug-likeness (QED) is 0.717. The maximum atomic E-state index is 11.8. The Bertz CT molecular complexity index is 220. The molecule has 0 atom stereocenters. The van der Waals surface area contributed by atoms with Gasteiger partial charge >= 0.3 is 0 Å². The SMILES string of the molecule is CN(CCC(C)(C)C)C(=O)CCC(C)(C)C. The minimum Gasteiger partial charge on any atom is -0.346 e. The summed E-state index contributed by atoms with van der Waals surface area (Å²) in [5, 5.41) is 0. The van der Waals surface area contributed by atoms with Gasteiger partial charge in [-0.1, -0.05) is 41.5 Å². The van der Waals surface area contributed by atoms with E-state index in [2.05, 4.69) is 41.5 Å². The fourth-order valence-electron chi connectivity index (χ4n) is 1.30. The number of carbonyl (C=O) groups is 1. The summed E-state index contributed by atoms with van der Waals surface area (Å²) >= 11 is 0. The maximum absolute atomic E-state index is 11.8. The molecule has 0 heterocycles. The number of hydrogen-bond donors (Lipinski definition) is 0. The number of carbonyl (C=O) groups excluding carboxylic acids is 1. The van der Waals surface area contributed by atoms with Crippen molar-refractivity contribution in [3.05, 3.63) is 0 Å². The molecule has 0 aromatic heterocycles. The van der Waals surface area contributed by atoms with Crippen LogP contribution >= 0.6 is 0 Å². The van der Waals surface area contributed by atoms with E-state index in [1.165, 1.54) is 0 Å². The van der Waals surface area contributed by atoms with Crippen molar-refractivity contribution in [2.24, 2.45) is 10.8 Å². The Balaban J connectivity index is 3.92. The highest BCUT2D eigenvalue weighted by atomic mass is 16.2. The average molecular weight is 227 g/mol. The molecule has 0 aliphatic rings. The van der Waals surface area contributed by atoms with Crippen LogP contribution in [0.25, 0.3) is 0 Å². The third kappa shape index (κ3) is 8.75. The van der Waals surface area contributed by atoms with Crippen LogP contribution in [0.3, 0.4) is 0 Å². The summed E-state index contributed by atoms with van der Waals surface area (Å²) < 4.78 is 0. The first kappa shape index (κ1) is 15.5. The van der Waals surface area contributed by atoms with Gasteiger partial charge in [-0.2, -0.15) is 0 Å². The van der Waals surface area contributed by atoms with Crippen molar-refractivity contribution in [2.45, 2.75) is 60.8 Å². The minimum atomic E-state index is 0.251. The number of hydrogen-bond acceptors (Lipinski definition) is 1. The van der Waals surface area contributed by atoms with E-state index >= 15 is 0 Å². The van der Waals surface area contributed by atoms with Crippen LogP contribution in [0.15, 0.2) is 0 Å². The molecular weight excluding hydrogens is 198 g/mol. The van der Waals surface area contributed by atoms with E-state index in [0.29, 0.717) is 11.8 Å². The molecule has 0 aromatic carbocycles. The van der Waals surface area contributed by atoms with E-state index in [9.17, 15) is 4.79 Å². The molecule has 0 spiro atoms. The van der Waals surface area contributed by atoms with Crippen LogP contribution in [-0.2, 0) is 4.79 Å². The molecule has 0 fully saturated rings. The van der Waals surface area contributed by atoms with Crippen LogP contribution < -0.4 is 0 Å².